The van der Waals surface area contributed by atoms with Gasteiger partial charge in [-0.1, -0.05) is 6.07 Å². The first-order valence-corrected chi connectivity index (χ1v) is 6.13. The fourth-order valence-corrected chi connectivity index (χ4v) is 1.79. The minimum atomic E-state index is -0.135. The molecule has 5 nitrogen and oxygen atoms in total. The average molecular weight is 272 g/mol. The Morgan fingerprint density at radius 3 is 2.75 bits per heavy atom. The summed E-state index contributed by atoms with van der Waals surface area (Å²) in [4.78, 5) is 16.0. The molecule has 0 saturated carbocycles. The number of aromatic nitrogens is 1. The van der Waals surface area contributed by atoms with Crippen LogP contribution in [0.5, 0.6) is 11.5 Å². The van der Waals surface area contributed by atoms with Crippen LogP contribution < -0.4 is 14.8 Å². The van der Waals surface area contributed by atoms with E-state index in [1.165, 1.54) is 0 Å². The van der Waals surface area contributed by atoms with E-state index in [1.807, 2.05) is 6.07 Å². The van der Waals surface area contributed by atoms with E-state index in [1.54, 1.807) is 50.9 Å². The van der Waals surface area contributed by atoms with Crippen molar-refractivity contribution in [1.29, 1.82) is 0 Å². The van der Waals surface area contributed by atoms with E-state index in [0.717, 1.165) is 5.56 Å². The third-order valence-corrected chi connectivity index (χ3v) is 2.77. The van der Waals surface area contributed by atoms with Crippen LogP contribution >= 0.6 is 0 Å². The summed E-state index contributed by atoms with van der Waals surface area (Å²) in [7, 11) is 3.13. The van der Waals surface area contributed by atoms with Crippen molar-refractivity contribution in [1.82, 2.24) is 4.98 Å². The van der Waals surface area contributed by atoms with Crippen molar-refractivity contribution in [3.8, 4) is 11.5 Å². The number of hydrogen-bond acceptors (Lipinski definition) is 4. The third kappa shape index (κ3) is 3.47. The SMILES string of the molecule is COc1ccc(OC)c(NC(=O)Cc2cccnc2)c1. The van der Waals surface area contributed by atoms with Gasteiger partial charge in [-0.3, -0.25) is 9.78 Å². The van der Waals surface area contributed by atoms with Gasteiger partial charge in [0.15, 0.2) is 0 Å². The quantitative estimate of drug-likeness (QED) is 0.907. The molecule has 0 fully saturated rings. The Bertz CT molecular complexity index is 585. The van der Waals surface area contributed by atoms with E-state index in [0.29, 0.717) is 17.2 Å². The first kappa shape index (κ1) is 13.9. The second-order valence-electron chi connectivity index (χ2n) is 4.15. The fourth-order valence-electron chi connectivity index (χ4n) is 1.79. The van der Waals surface area contributed by atoms with Crippen molar-refractivity contribution >= 4 is 11.6 Å². The summed E-state index contributed by atoms with van der Waals surface area (Å²) in [6.07, 6.45) is 3.60. The van der Waals surface area contributed by atoms with E-state index in [9.17, 15) is 4.79 Å². The van der Waals surface area contributed by atoms with Gasteiger partial charge in [0.05, 0.1) is 26.3 Å². The molecule has 0 atom stereocenters. The van der Waals surface area contributed by atoms with Gasteiger partial charge in [0, 0.05) is 18.5 Å². The van der Waals surface area contributed by atoms with Crippen LogP contribution in [0.4, 0.5) is 5.69 Å². The van der Waals surface area contributed by atoms with Crippen LogP contribution in [-0.2, 0) is 11.2 Å². The smallest absolute Gasteiger partial charge is 0.228 e. The Hall–Kier alpha value is -2.56. The third-order valence-electron chi connectivity index (χ3n) is 2.77. The van der Waals surface area contributed by atoms with Crippen LogP contribution in [0.25, 0.3) is 0 Å². The summed E-state index contributed by atoms with van der Waals surface area (Å²) in [6.45, 7) is 0. The number of methoxy groups -OCH3 is 2. The standard InChI is InChI=1S/C15H16N2O3/c1-19-12-5-6-14(20-2)13(9-12)17-15(18)8-11-4-3-7-16-10-11/h3-7,9-10H,8H2,1-2H3,(H,17,18). The van der Waals surface area contributed by atoms with Crippen molar-refractivity contribution < 1.29 is 14.3 Å². The van der Waals surface area contributed by atoms with Crippen LogP contribution in [0.15, 0.2) is 42.7 Å². The second kappa shape index (κ2) is 6.56. The molecule has 1 amide bonds. The predicted octanol–water partition coefficient (Wildman–Crippen LogP) is 2.28. The molecule has 20 heavy (non-hydrogen) atoms. The lowest BCUT2D eigenvalue weighted by atomic mass is 10.2. The number of carbonyl (C=O) groups is 1. The summed E-state index contributed by atoms with van der Waals surface area (Å²) in [5.74, 6) is 1.11. The van der Waals surface area contributed by atoms with Crippen LogP contribution in [-0.4, -0.2) is 25.1 Å². The molecule has 0 aliphatic heterocycles. The molecular weight excluding hydrogens is 256 g/mol. The molecule has 2 aromatic rings. The Kier molecular flexibility index (Phi) is 4.55. The highest BCUT2D eigenvalue weighted by Crippen LogP contribution is 2.28. The summed E-state index contributed by atoms with van der Waals surface area (Å²) in [5, 5.41) is 2.81. The molecule has 1 N–H and O–H groups in total. The average Bonchev–Trinajstić information content (AvgIpc) is 2.48. The highest BCUT2D eigenvalue weighted by atomic mass is 16.5. The van der Waals surface area contributed by atoms with Crippen LogP contribution in [0.1, 0.15) is 5.56 Å². The maximum absolute atomic E-state index is 12.0. The lowest BCUT2D eigenvalue weighted by molar-refractivity contribution is -0.115. The summed E-state index contributed by atoms with van der Waals surface area (Å²) in [5.41, 5.74) is 1.44. The zero-order valence-corrected chi connectivity index (χ0v) is 11.4. The van der Waals surface area contributed by atoms with Crippen molar-refractivity contribution in [2.24, 2.45) is 0 Å². The number of anilines is 1. The number of pyridine rings is 1. The van der Waals surface area contributed by atoms with Gasteiger partial charge in [-0.15, -0.1) is 0 Å². The molecular formula is C15H16N2O3. The predicted molar refractivity (Wildman–Crippen MR) is 76.1 cm³/mol. The molecule has 0 unspecified atom stereocenters. The van der Waals surface area contributed by atoms with Gasteiger partial charge in [0.25, 0.3) is 0 Å². The normalized spacial score (nSPS) is 9.90. The molecule has 5 heteroatoms. The van der Waals surface area contributed by atoms with Gasteiger partial charge in [0.1, 0.15) is 11.5 Å². The number of amides is 1. The van der Waals surface area contributed by atoms with E-state index < -0.39 is 0 Å². The zero-order valence-electron chi connectivity index (χ0n) is 11.4. The molecule has 0 spiro atoms. The largest absolute Gasteiger partial charge is 0.497 e. The van der Waals surface area contributed by atoms with Gasteiger partial charge in [-0.2, -0.15) is 0 Å². The molecule has 104 valence electrons. The van der Waals surface area contributed by atoms with Gasteiger partial charge in [0.2, 0.25) is 5.91 Å². The van der Waals surface area contributed by atoms with Crippen molar-refractivity contribution in [2.75, 3.05) is 19.5 Å². The number of nitrogens with zero attached hydrogens (tertiary/aromatic N) is 1. The molecule has 1 heterocycles. The first-order chi connectivity index (χ1) is 9.72. The highest BCUT2D eigenvalue weighted by molar-refractivity contribution is 5.93. The van der Waals surface area contributed by atoms with E-state index in [4.69, 9.17) is 9.47 Å². The number of nitrogens with one attached hydrogen (secondary N) is 1. The highest BCUT2D eigenvalue weighted by Gasteiger charge is 2.09. The van der Waals surface area contributed by atoms with E-state index in [2.05, 4.69) is 10.3 Å². The number of rotatable bonds is 5. The number of ether oxygens (including phenoxy) is 2. The van der Waals surface area contributed by atoms with Crippen molar-refractivity contribution in [2.45, 2.75) is 6.42 Å². The van der Waals surface area contributed by atoms with Gasteiger partial charge >= 0.3 is 0 Å². The molecule has 2 rings (SSSR count). The van der Waals surface area contributed by atoms with Crippen LogP contribution in [0.3, 0.4) is 0 Å². The number of benzene rings is 1. The lowest BCUT2D eigenvalue weighted by Crippen LogP contribution is -2.15. The lowest BCUT2D eigenvalue weighted by Gasteiger charge is -2.11. The topological polar surface area (TPSA) is 60.5 Å². The maximum atomic E-state index is 12.0. The Balaban J connectivity index is 2.10. The van der Waals surface area contributed by atoms with Gasteiger partial charge in [-0.05, 0) is 23.8 Å². The Morgan fingerprint density at radius 1 is 1.25 bits per heavy atom. The molecule has 1 aromatic carbocycles. The first-order valence-electron chi connectivity index (χ1n) is 6.13. The van der Waals surface area contributed by atoms with Gasteiger partial charge in [-0.25, -0.2) is 0 Å². The number of hydrogen-bond donors (Lipinski definition) is 1. The zero-order chi connectivity index (χ0) is 14.4. The van der Waals surface area contributed by atoms with Crippen molar-refractivity contribution in [3.63, 3.8) is 0 Å². The molecule has 0 aliphatic rings. The molecule has 0 saturated heterocycles. The number of carbonyl (C=O) groups excluding carboxylic acids is 1. The minimum absolute atomic E-state index is 0.135. The van der Waals surface area contributed by atoms with Crippen LogP contribution in [0.2, 0.25) is 0 Å². The Labute approximate surface area is 117 Å². The molecule has 0 aliphatic carbocycles. The summed E-state index contributed by atoms with van der Waals surface area (Å²) in [6, 6.07) is 8.90. The fraction of sp³-hybridized carbons (Fsp3) is 0.200. The van der Waals surface area contributed by atoms with E-state index >= 15 is 0 Å². The second-order valence-corrected chi connectivity index (χ2v) is 4.15. The van der Waals surface area contributed by atoms with E-state index in [-0.39, 0.29) is 12.3 Å². The molecule has 0 radical (unpaired) electrons. The maximum Gasteiger partial charge on any atom is 0.228 e. The Morgan fingerprint density at radius 2 is 2.10 bits per heavy atom. The van der Waals surface area contributed by atoms with Gasteiger partial charge < -0.3 is 14.8 Å². The van der Waals surface area contributed by atoms with Crippen LogP contribution in [0, 0.1) is 0 Å². The summed E-state index contributed by atoms with van der Waals surface area (Å²) >= 11 is 0. The summed E-state index contributed by atoms with van der Waals surface area (Å²) < 4.78 is 10.4. The molecule has 1 aromatic heterocycles. The monoisotopic (exact) mass is 272 g/mol. The van der Waals surface area contributed by atoms with Crippen molar-refractivity contribution in [3.05, 3.63) is 48.3 Å². The molecule has 0 bridgehead atoms. The minimum Gasteiger partial charge on any atom is -0.497 e.